The molecule has 1 N–H and O–H groups in total. The van der Waals surface area contributed by atoms with Crippen molar-refractivity contribution in [3.8, 4) is 0 Å². The molecule has 4 nitrogen and oxygen atoms in total. The van der Waals surface area contributed by atoms with E-state index in [9.17, 15) is 18.8 Å². The number of ketones is 1. The summed E-state index contributed by atoms with van der Waals surface area (Å²) in [6.07, 6.45) is 0.368. The van der Waals surface area contributed by atoms with E-state index in [4.69, 9.17) is 0 Å². The Morgan fingerprint density at radius 2 is 1.83 bits per heavy atom. The van der Waals surface area contributed by atoms with E-state index in [-0.39, 0.29) is 16.9 Å². The maximum absolute atomic E-state index is 12.9. The van der Waals surface area contributed by atoms with Crippen LogP contribution in [-0.2, 0) is 11.2 Å². The minimum atomic E-state index is -0.473. The minimum Gasteiger partial charge on any atom is -0.289 e. The summed E-state index contributed by atoms with van der Waals surface area (Å²) >= 11 is 0.955. The molecule has 116 valence electrons. The van der Waals surface area contributed by atoms with Crippen LogP contribution in [-0.4, -0.2) is 22.2 Å². The maximum atomic E-state index is 12.9. The molecule has 0 saturated carbocycles. The standard InChI is InChI=1S/C17H12FNO3S/c18-13-6-4-11(5-7-13)15(20)12-3-1-2-10(8-12)9-14-16(21)19-17(22)23-14/h1-8,14H,9H2,(H,19,21,22). The van der Waals surface area contributed by atoms with E-state index < -0.39 is 11.1 Å². The highest BCUT2D eigenvalue weighted by molar-refractivity contribution is 8.15. The first-order valence-corrected chi connectivity index (χ1v) is 7.81. The molecule has 6 heteroatoms. The molecule has 23 heavy (non-hydrogen) atoms. The van der Waals surface area contributed by atoms with Gasteiger partial charge in [0.05, 0.1) is 5.25 Å². The minimum absolute atomic E-state index is 0.216. The quantitative estimate of drug-likeness (QED) is 0.876. The molecule has 2 amide bonds. The van der Waals surface area contributed by atoms with Gasteiger partial charge in [0.15, 0.2) is 5.78 Å². The van der Waals surface area contributed by atoms with Crippen LogP contribution >= 0.6 is 11.8 Å². The molecule has 0 spiro atoms. The predicted octanol–water partition coefficient (Wildman–Crippen LogP) is 2.95. The third kappa shape index (κ3) is 3.48. The van der Waals surface area contributed by atoms with Crippen LogP contribution in [0.5, 0.6) is 0 Å². The predicted molar refractivity (Wildman–Crippen MR) is 84.9 cm³/mol. The van der Waals surface area contributed by atoms with Crippen molar-refractivity contribution in [1.82, 2.24) is 5.32 Å². The fourth-order valence-corrected chi connectivity index (χ4v) is 3.21. The van der Waals surface area contributed by atoms with Gasteiger partial charge in [-0.05, 0) is 42.3 Å². The highest BCUT2D eigenvalue weighted by atomic mass is 32.2. The van der Waals surface area contributed by atoms with Crippen LogP contribution in [0.3, 0.4) is 0 Å². The highest BCUT2D eigenvalue weighted by Crippen LogP contribution is 2.23. The van der Waals surface area contributed by atoms with Gasteiger partial charge in [-0.2, -0.15) is 0 Å². The number of carbonyl (C=O) groups excluding carboxylic acids is 3. The molecule has 0 aliphatic carbocycles. The number of benzene rings is 2. The summed E-state index contributed by atoms with van der Waals surface area (Å²) in [5.41, 5.74) is 1.65. The lowest BCUT2D eigenvalue weighted by Crippen LogP contribution is -2.25. The average molecular weight is 329 g/mol. The number of rotatable bonds is 4. The highest BCUT2D eigenvalue weighted by Gasteiger charge is 2.31. The smallest absolute Gasteiger partial charge is 0.286 e. The van der Waals surface area contributed by atoms with Crippen molar-refractivity contribution in [2.24, 2.45) is 0 Å². The molecule has 1 unspecified atom stereocenters. The van der Waals surface area contributed by atoms with Gasteiger partial charge >= 0.3 is 0 Å². The van der Waals surface area contributed by atoms with Gasteiger partial charge in [-0.1, -0.05) is 30.0 Å². The molecular formula is C17H12FNO3S. The third-order valence-corrected chi connectivity index (χ3v) is 4.47. The Labute approximate surface area is 136 Å². The van der Waals surface area contributed by atoms with Gasteiger partial charge in [0.2, 0.25) is 5.91 Å². The van der Waals surface area contributed by atoms with Crippen LogP contribution in [0.25, 0.3) is 0 Å². The summed E-state index contributed by atoms with van der Waals surface area (Å²) < 4.78 is 12.9. The zero-order valence-electron chi connectivity index (χ0n) is 11.9. The second-order valence-corrected chi connectivity index (χ2v) is 6.30. The van der Waals surface area contributed by atoms with Gasteiger partial charge in [-0.15, -0.1) is 0 Å². The van der Waals surface area contributed by atoms with Crippen molar-refractivity contribution in [3.63, 3.8) is 0 Å². The Hall–Kier alpha value is -2.47. The SMILES string of the molecule is O=C1NC(=O)C(Cc2cccc(C(=O)c3ccc(F)cc3)c2)S1. The number of imide groups is 1. The van der Waals surface area contributed by atoms with Gasteiger partial charge < -0.3 is 0 Å². The first-order chi connectivity index (χ1) is 11.0. The van der Waals surface area contributed by atoms with E-state index >= 15 is 0 Å². The van der Waals surface area contributed by atoms with Gasteiger partial charge in [0.1, 0.15) is 5.82 Å². The zero-order valence-corrected chi connectivity index (χ0v) is 12.7. The number of hydrogen-bond acceptors (Lipinski definition) is 4. The van der Waals surface area contributed by atoms with Crippen LogP contribution in [0, 0.1) is 5.82 Å². The molecule has 1 fully saturated rings. The fourth-order valence-electron chi connectivity index (χ4n) is 2.35. The summed E-state index contributed by atoms with van der Waals surface area (Å²) in [6.45, 7) is 0. The lowest BCUT2D eigenvalue weighted by Gasteiger charge is -2.07. The van der Waals surface area contributed by atoms with E-state index in [0.717, 1.165) is 17.3 Å². The van der Waals surface area contributed by atoms with Crippen molar-refractivity contribution in [2.75, 3.05) is 0 Å². The fraction of sp³-hybridized carbons (Fsp3) is 0.118. The second kappa shape index (κ2) is 6.34. The summed E-state index contributed by atoms with van der Waals surface area (Å²) in [4.78, 5) is 35.2. The molecule has 0 radical (unpaired) electrons. The van der Waals surface area contributed by atoms with Crippen LogP contribution in [0.4, 0.5) is 9.18 Å². The van der Waals surface area contributed by atoms with E-state index in [1.807, 2.05) is 0 Å². The van der Waals surface area contributed by atoms with Gasteiger partial charge in [-0.3, -0.25) is 19.7 Å². The van der Waals surface area contributed by atoms with Crippen molar-refractivity contribution in [2.45, 2.75) is 11.7 Å². The maximum Gasteiger partial charge on any atom is 0.286 e. The molecule has 1 saturated heterocycles. The largest absolute Gasteiger partial charge is 0.289 e. The van der Waals surface area contributed by atoms with Crippen molar-refractivity contribution in [1.29, 1.82) is 0 Å². The number of hydrogen-bond donors (Lipinski definition) is 1. The van der Waals surface area contributed by atoms with Gasteiger partial charge in [-0.25, -0.2) is 4.39 Å². The van der Waals surface area contributed by atoms with Crippen molar-refractivity contribution in [3.05, 3.63) is 71.0 Å². The molecule has 1 aliphatic heterocycles. The summed E-state index contributed by atoms with van der Waals surface area (Å²) in [5.74, 6) is -0.925. The number of amides is 2. The molecule has 2 aromatic carbocycles. The van der Waals surface area contributed by atoms with Crippen molar-refractivity contribution >= 4 is 28.7 Å². The second-order valence-electron chi connectivity index (χ2n) is 5.12. The summed E-state index contributed by atoms with van der Waals surface area (Å²) in [5, 5.41) is 1.42. The zero-order chi connectivity index (χ0) is 16.4. The summed E-state index contributed by atoms with van der Waals surface area (Å²) in [6, 6.07) is 12.2. The normalized spacial score (nSPS) is 17.2. The van der Waals surface area contributed by atoms with E-state index in [0.29, 0.717) is 17.5 Å². The molecule has 1 atom stereocenters. The van der Waals surface area contributed by atoms with E-state index in [1.54, 1.807) is 24.3 Å². The lowest BCUT2D eigenvalue weighted by atomic mass is 9.99. The summed E-state index contributed by atoms with van der Waals surface area (Å²) in [7, 11) is 0. The van der Waals surface area contributed by atoms with Crippen LogP contribution < -0.4 is 5.32 Å². The van der Waals surface area contributed by atoms with Crippen LogP contribution in [0.1, 0.15) is 21.5 Å². The van der Waals surface area contributed by atoms with Crippen LogP contribution in [0.2, 0.25) is 0 Å². The van der Waals surface area contributed by atoms with Crippen molar-refractivity contribution < 1.29 is 18.8 Å². The Morgan fingerprint density at radius 3 is 2.48 bits per heavy atom. The number of thioether (sulfide) groups is 1. The van der Waals surface area contributed by atoms with Crippen LogP contribution in [0.15, 0.2) is 48.5 Å². The number of halogens is 1. The van der Waals surface area contributed by atoms with Gasteiger partial charge in [0.25, 0.3) is 5.24 Å². The van der Waals surface area contributed by atoms with Gasteiger partial charge in [0, 0.05) is 11.1 Å². The molecule has 1 heterocycles. The first kappa shape index (κ1) is 15.4. The Bertz CT molecular complexity index is 789. The number of carbonyl (C=O) groups is 3. The van der Waals surface area contributed by atoms with E-state index in [2.05, 4.69) is 5.32 Å². The lowest BCUT2D eigenvalue weighted by molar-refractivity contribution is -0.118. The number of nitrogens with one attached hydrogen (secondary N) is 1. The molecular weight excluding hydrogens is 317 g/mol. The topological polar surface area (TPSA) is 63.2 Å². The Balaban J connectivity index is 1.79. The first-order valence-electron chi connectivity index (χ1n) is 6.93. The third-order valence-electron chi connectivity index (χ3n) is 3.48. The molecule has 1 aliphatic rings. The molecule has 0 aromatic heterocycles. The molecule has 3 rings (SSSR count). The molecule has 2 aromatic rings. The Morgan fingerprint density at radius 1 is 1.09 bits per heavy atom. The monoisotopic (exact) mass is 329 g/mol. The Kier molecular flexibility index (Phi) is 4.25. The average Bonchev–Trinajstić information content (AvgIpc) is 2.85. The van der Waals surface area contributed by atoms with E-state index in [1.165, 1.54) is 24.3 Å². The molecule has 0 bridgehead atoms.